The molecule has 1 N–H and O–H groups in total. The fourth-order valence-corrected chi connectivity index (χ4v) is 2.06. The van der Waals surface area contributed by atoms with Gasteiger partial charge in [-0.15, -0.1) is 4.72 Å². The molecule has 0 aliphatic rings. The quantitative estimate of drug-likeness (QED) is 0.849. The molecule has 2 nitrogen and oxygen atoms in total. The summed E-state index contributed by atoms with van der Waals surface area (Å²) in [4.78, 5) is 0. The van der Waals surface area contributed by atoms with Gasteiger partial charge in [0.25, 0.3) is 0 Å². The Hall–Kier alpha value is -0.650. The van der Waals surface area contributed by atoms with Gasteiger partial charge in [-0.2, -0.15) is 0 Å². The summed E-state index contributed by atoms with van der Waals surface area (Å²) < 4.78 is 40.7. The van der Waals surface area contributed by atoms with Crippen LogP contribution in [0.5, 0.6) is 0 Å². The van der Waals surface area contributed by atoms with Crippen LogP contribution < -0.4 is 4.72 Å². The lowest BCUT2D eigenvalue weighted by atomic mass is 10.1. The van der Waals surface area contributed by atoms with E-state index in [2.05, 4.69) is 4.72 Å². The highest BCUT2D eigenvalue weighted by atomic mass is 32.2. The van der Waals surface area contributed by atoms with Crippen molar-refractivity contribution in [3.05, 3.63) is 35.4 Å². The van der Waals surface area contributed by atoms with Gasteiger partial charge in [-0.25, -0.2) is 8.78 Å². The molecule has 0 heterocycles. The Morgan fingerprint density at radius 2 is 1.88 bits per heavy atom. The minimum atomic E-state index is -1.32. The Morgan fingerprint density at radius 1 is 1.29 bits per heavy atom. The van der Waals surface area contributed by atoms with Gasteiger partial charge in [0.2, 0.25) is 0 Å². The third kappa shape index (κ3) is 3.66. The first kappa shape index (κ1) is 14.4. The van der Waals surface area contributed by atoms with Crippen LogP contribution in [0.3, 0.4) is 0 Å². The molecule has 5 heteroatoms. The number of hydrogen-bond acceptors (Lipinski definition) is 2. The second-order valence-corrected chi connectivity index (χ2v) is 6.86. The molecule has 0 unspecified atom stereocenters. The molecule has 0 aliphatic heterocycles. The SMILES string of the molecule is C[C@@H](N[S@@+]([O-])C(C)(C)C)c1cccc(F)c1F. The lowest BCUT2D eigenvalue weighted by Gasteiger charge is -2.26. The average molecular weight is 261 g/mol. The minimum Gasteiger partial charge on any atom is -0.598 e. The van der Waals surface area contributed by atoms with Gasteiger partial charge in [0.05, 0.1) is 6.04 Å². The second-order valence-electron chi connectivity index (χ2n) is 4.86. The predicted molar refractivity (Wildman–Crippen MR) is 65.8 cm³/mol. The first-order valence-corrected chi connectivity index (χ1v) is 6.50. The van der Waals surface area contributed by atoms with Crippen LogP contribution in [0.4, 0.5) is 8.78 Å². The van der Waals surface area contributed by atoms with Crippen molar-refractivity contribution in [3.63, 3.8) is 0 Å². The summed E-state index contributed by atoms with van der Waals surface area (Å²) in [5.74, 6) is -1.78. The fraction of sp³-hybridized carbons (Fsp3) is 0.500. The summed E-state index contributed by atoms with van der Waals surface area (Å²) >= 11 is -1.32. The topological polar surface area (TPSA) is 35.1 Å². The smallest absolute Gasteiger partial charge is 0.163 e. The molecule has 0 fully saturated rings. The second kappa shape index (κ2) is 5.33. The van der Waals surface area contributed by atoms with E-state index in [0.717, 1.165) is 6.07 Å². The van der Waals surface area contributed by atoms with Crippen LogP contribution >= 0.6 is 0 Å². The Balaban J connectivity index is 2.84. The van der Waals surface area contributed by atoms with Gasteiger partial charge in [-0.3, -0.25) is 0 Å². The van der Waals surface area contributed by atoms with Gasteiger partial charge in [0.1, 0.15) is 4.75 Å². The van der Waals surface area contributed by atoms with E-state index in [1.54, 1.807) is 6.92 Å². The van der Waals surface area contributed by atoms with Crippen LogP contribution in [-0.2, 0) is 11.4 Å². The molecule has 0 amide bonds. The van der Waals surface area contributed by atoms with Crippen LogP contribution in [0.1, 0.15) is 39.3 Å². The Morgan fingerprint density at radius 3 is 2.41 bits per heavy atom. The van der Waals surface area contributed by atoms with E-state index < -0.39 is 33.8 Å². The molecule has 1 aromatic rings. The molecule has 0 saturated heterocycles. The number of hydrogen-bond donors (Lipinski definition) is 1. The summed E-state index contributed by atoms with van der Waals surface area (Å²) in [5.41, 5.74) is 0.183. The van der Waals surface area contributed by atoms with Crippen LogP contribution in [0, 0.1) is 11.6 Å². The zero-order valence-corrected chi connectivity index (χ0v) is 11.2. The van der Waals surface area contributed by atoms with Crippen molar-refractivity contribution in [1.29, 1.82) is 0 Å². The van der Waals surface area contributed by atoms with E-state index in [1.807, 2.05) is 20.8 Å². The van der Waals surface area contributed by atoms with Gasteiger partial charge in [-0.1, -0.05) is 12.1 Å². The maximum atomic E-state index is 13.5. The highest BCUT2D eigenvalue weighted by Crippen LogP contribution is 2.22. The third-order valence-electron chi connectivity index (χ3n) is 2.29. The number of rotatable bonds is 3. The van der Waals surface area contributed by atoms with Crippen molar-refractivity contribution in [3.8, 4) is 0 Å². The highest BCUT2D eigenvalue weighted by Gasteiger charge is 2.29. The van der Waals surface area contributed by atoms with Gasteiger partial charge in [0.15, 0.2) is 11.6 Å². The van der Waals surface area contributed by atoms with Crippen molar-refractivity contribution >= 4 is 11.4 Å². The highest BCUT2D eigenvalue weighted by molar-refractivity contribution is 7.90. The van der Waals surface area contributed by atoms with Crippen LogP contribution in [0.15, 0.2) is 18.2 Å². The third-order valence-corrected chi connectivity index (χ3v) is 3.97. The van der Waals surface area contributed by atoms with E-state index in [9.17, 15) is 13.3 Å². The number of halogens is 2. The minimum absolute atomic E-state index is 0.183. The Labute approximate surface area is 104 Å². The maximum absolute atomic E-state index is 13.5. The molecule has 0 radical (unpaired) electrons. The lowest BCUT2D eigenvalue weighted by Crippen LogP contribution is -2.40. The molecule has 0 aromatic heterocycles. The van der Waals surface area contributed by atoms with Crippen molar-refractivity contribution in [2.45, 2.75) is 38.5 Å². The molecule has 2 atom stereocenters. The monoisotopic (exact) mass is 261 g/mol. The van der Waals surface area contributed by atoms with Gasteiger partial charge >= 0.3 is 0 Å². The van der Waals surface area contributed by atoms with Crippen molar-refractivity contribution < 1.29 is 13.3 Å². The van der Waals surface area contributed by atoms with E-state index in [-0.39, 0.29) is 5.56 Å². The zero-order chi connectivity index (χ0) is 13.2. The summed E-state index contributed by atoms with van der Waals surface area (Å²) in [5, 5.41) is 0. The largest absolute Gasteiger partial charge is 0.598 e. The van der Waals surface area contributed by atoms with Crippen molar-refractivity contribution in [2.24, 2.45) is 0 Å². The molecule has 0 spiro atoms. The maximum Gasteiger partial charge on any atom is 0.163 e. The van der Waals surface area contributed by atoms with Gasteiger partial charge < -0.3 is 4.55 Å². The van der Waals surface area contributed by atoms with Gasteiger partial charge in [0, 0.05) is 16.9 Å². The summed E-state index contributed by atoms with van der Waals surface area (Å²) in [7, 11) is 0. The molecule has 0 saturated carbocycles. The Bertz CT molecular complexity index is 393. The fourth-order valence-electron chi connectivity index (χ4n) is 1.26. The predicted octanol–water partition coefficient (Wildman–Crippen LogP) is 3.08. The summed E-state index contributed by atoms with van der Waals surface area (Å²) in [6.07, 6.45) is 0. The average Bonchev–Trinajstić information content (AvgIpc) is 2.20. The first-order chi connectivity index (χ1) is 7.73. The molecule has 0 bridgehead atoms. The molecule has 1 rings (SSSR count). The van der Waals surface area contributed by atoms with Crippen molar-refractivity contribution in [1.82, 2.24) is 4.72 Å². The standard InChI is InChI=1S/C12H17F2NOS/c1-8(15-17(16)12(2,3)4)9-6-5-7-10(13)11(9)14/h5-8,15H,1-4H3/t8-,17+/m1/s1. The van der Waals surface area contributed by atoms with E-state index in [4.69, 9.17) is 0 Å². The van der Waals surface area contributed by atoms with Crippen LogP contribution in [-0.4, -0.2) is 9.30 Å². The van der Waals surface area contributed by atoms with Gasteiger partial charge in [-0.05, 0) is 33.8 Å². The number of benzene rings is 1. The van der Waals surface area contributed by atoms with E-state index in [1.165, 1.54) is 12.1 Å². The summed E-state index contributed by atoms with van der Waals surface area (Å²) in [6, 6.07) is 3.47. The molecular formula is C12H17F2NOS. The molecule has 1 aromatic carbocycles. The molecule has 0 aliphatic carbocycles. The lowest BCUT2D eigenvalue weighted by molar-refractivity contribution is 0.482. The Kier molecular flexibility index (Phi) is 4.52. The molecule has 96 valence electrons. The van der Waals surface area contributed by atoms with Crippen LogP contribution in [0.2, 0.25) is 0 Å². The van der Waals surface area contributed by atoms with Crippen molar-refractivity contribution in [2.75, 3.05) is 0 Å². The zero-order valence-electron chi connectivity index (χ0n) is 10.4. The normalized spacial score (nSPS) is 15.7. The summed E-state index contributed by atoms with van der Waals surface area (Å²) in [6.45, 7) is 7.09. The van der Waals surface area contributed by atoms with E-state index >= 15 is 0 Å². The van der Waals surface area contributed by atoms with Crippen LogP contribution in [0.25, 0.3) is 0 Å². The molecule has 17 heavy (non-hydrogen) atoms. The first-order valence-electron chi connectivity index (χ1n) is 5.35. The molecular weight excluding hydrogens is 244 g/mol. The number of nitrogens with one attached hydrogen (secondary N) is 1. The van der Waals surface area contributed by atoms with E-state index in [0.29, 0.717) is 0 Å².